The van der Waals surface area contributed by atoms with Gasteiger partial charge in [-0.3, -0.25) is 19.5 Å². The van der Waals surface area contributed by atoms with Crippen LogP contribution < -0.4 is 14.4 Å². The van der Waals surface area contributed by atoms with E-state index in [2.05, 4.69) is 0 Å². The average Bonchev–Trinajstić information content (AvgIpc) is 3.38. The van der Waals surface area contributed by atoms with Gasteiger partial charge in [0.15, 0.2) is 12.2 Å². The second kappa shape index (κ2) is 8.65. The summed E-state index contributed by atoms with van der Waals surface area (Å²) in [7, 11) is 4.92. The maximum atomic E-state index is 13.7. The van der Waals surface area contributed by atoms with Crippen molar-refractivity contribution in [2.75, 3.05) is 32.7 Å². The van der Waals surface area contributed by atoms with Crippen LogP contribution in [0.25, 0.3) is 0 Å². The van der Waals surface area contributed by atoms with Crippen LogP contribution in [-0.4, -0.2) is 72.6 Å². The van der Waals surface area contributed by atoms with E-state index in [4.69, 9.17) is 14.5 Å². The molecule has 0 bridgehead atoms. The molecule has 1 saturated heterocycles. The van der Waals surface area contributed by atoms with Gasteiger partial charge in [0.1, 0.15) is 11.5 Å². The maximum absolute atomic E-state index is 13.7. The smallest absolute Gasteiger partial charge is 0.328 e. The highest BCUT2D eigenvalue weighted by atomic mass is 16.5. The van der Waals surface area contributed by atoms with Crippen LogP contribution in [0.5, 0.6) is 11.5 Å². The number of anilines is 1. The van der Waals surface area contributed by atoms with E-state index in [1.54, 1.807) is 26.2 Å². The first-order valence-electron chi connectivity index (χ1n) is 11.6. The molecule has 2 aromatic carbocycles. The van der Waals surface area contributed by atoms with Gasteiger partial charge in [0.25, 0.3) is 5.91 Å². The number of hydrogen-bond acceptors (Lipinski definition) is 7. The van der Waals surface area contributed by atoms with Crippen molar-refractivity contribution in [3.63, 3.8) is 0 Å². The average molecular weight is 476 g/mol. The lowest BCUT2D eigenvalue weighted by atomic mass is 10.1. The number of carbonyl (C=O) groups excluding carboxylic acids is 2. The van der Waals surface area contributed by atoms with Gasteiger partial charge < -0.3 is 14.4 Å². The summed E-state index contributed by atoms with van der Waals surface area (Å²) in [6.07, 6.45) is -0.00642. The number of imide groups is 1. The molecule has 1 fully saturated rings. The van der Waals surface area contributed by atoms with Crippen LogP contribution in [0.15, 0.2) is 64.9 Å². The minimum absolute atomic E-state index is 0.233. The lowest BCUT2D eigenvalue weighted by Crippen LogP contribution is -2.64. The molecule has 5 rings (SSSR count). The molecule has 0 aromatic heterocycles. The minimum atomic E-state index is -0.618. The van der Waals surface area contributed by atoms with Crippen LogP contribution in [0.4, 0.5) is 10.5 Å². The van der Waals surface area contributed by atoms with Gasteiger partial charge in [-0.25, -0.2) is 9.79 Å². The summed E-state index contributed by atoms with van der Waals surface area (Å²) in [5.74, 6) is 1.67. The molecule has 2 atom stereocenters. The number of rotatable bonds is 6. The van der Waals surface area contributed by atoms with E-state index in [0.29, 0.717) is 30.4 Å². The van der Waals surface area contributed by atoms with E-state index in [0.717, 1.165) is 22.6 Å². The van der Waals surface area contributed by atoms with Crippen molar-refractivity contribution in [2.24, 2.45) is 4.99 Å². The van der Waals surface area contributed by atoms with Crippen molar-refractivity contribution in [1.29, 1.82) is 0 Å². The molecule has 3 aliphatic rings. The molecule has 2 aromatic rings. The second-order valence-electron chi connectivity index (χ2n) is 8.82. The highest BCUT2D eigenvalue weighted by Crippen LogP contribution is 2.43. The van der Waals surface area contributed by atoms with Gasteiger partial charge >= 0.3 is 6.03 Å². The van der Waals surface area contributed by atoms with Crippen molar-refractivity contribution in [2.45, 2.75) is 32.5 Å². The summed E-state index contributed by atoms with van der Waals surface area (Å²) in [6.45, 7) is 4.28. The molecule has 0 saturated carbocycles. The van der Waals surface area contributed by atoms with E-state index >= 15 is 0 Å². The zero-order valence-corrected chi connectivity index (χ0v) is 20.6. The van der Waals surface area contributed by atoms with Gasteiger partial charge in [-0.1, -0.05) is 30.3 Å². The van der Waals surface area contributed by atoms with Crippen molar-refractivity contribution in [3.05, 3.63) is 65.5 Å². The van der Waals surface area contributed by atoms with Crippen LogP contribution >= 0.6 is 0 Å². The lowest BCUT2D eigenvalue weighted by molar-refractivity contribution is -0.136. The number of nitrogens with zero attached hydrogens (tertiary/aromatic N) is 5. The SMILES string of the molecule is COc1ccc(N2C3=NC4C(C(=O)N(CCc5ccccc5)C(=O)N4C)N3C(C)=C2C)c(OC)c1. The number of guanidine groups is 1. The molecule has 0 radical (unpaired) electrons. The molecule has 3 aliphatic heterocycles. The minimum Gasteiger partial charge on any atom is -0.497 e. The molecule has 2 unspecified atom stereocenters. The van der Waals surface area contributed by atoms with Gasteiger partial charge in [0.05, 0.1) is 19.9 Å². The number of urea groups is 1. The Morgan fingerprint density at radius 3 is 2.40 bits per heavy atom. The number of carbonyl (C=O) groups is 2. The van der Waals surface area contributed by atoms with Crippen LogP contribution in [0.1, 0.15) is 19.4 Å². The standard InChI is InChI=1S/C26H29N5O4/c1-16-17(2)31-22-23(27-25(31)30(16)20-12-11-19(34-4)15-21(20)35-5)28(3)26(33)29(24(22)32)14-13-18-9-7-6-8-10-18/h6-12,15,22-23H,13-14H2,1-5H3. The second-order valence-corrected chi connectivity index (χ2v) is 8.82. The highest BCUT2D eigenvalue weighted by Gasteiger charge is 2.56. The lowest BCUT2D eigenvalue weighted by Gasteiger charge is -2.40. The van der Waals surface area contributed by atoms with E-state index in [1.165, 1.54) is 4.90 Å². The fourth-order valence-corrected chi connectivity index (χ4v) is 4.96. The molecule has 182 valence electrons. The molecule has 3 amide bonds. The first kappa shape index (κ1) is 22.8. The van der Waals surface area contributed by atoms with Crippen molar-refractivity contribution >= 4 is 23.6 Å². The predicted octanol–water partition coefficient (Wildman–Crippen LogP) is 3.28. The van der Waals surface area contributed by atoms with Crippen LogP contribution in [0, 0.1) is 0 Å². The number of aliphatic imine (C=N–C) groups is 1. The molecule has 0 aliphatic carbocycles. The van der Waals surface area contributed by atoms with E-state index in [9.17, 15) is 9.59 Å². The number of ether oxygens (including phenoxy) is 2. The van der Waals surface area contributed by atoms with Crippen LogP contribution in [-0.2, 0) is 11.2 Å². The Morgan fingerprint density at radius 2 is 1.71 bits per heavy atom. The summed E-state index contributed by atoms with van der Waals surface area (Å²) in [4.78, 5) is 38.6. The molecule has 9 heteroatoms. The van der Waals surface area contributed by atoms with E-state index in [-0.39, 0.29) is 11.9 Å². The third-order valence-electron chi connectivity index (χ3n) is 6.99. The van der Waals surface area contributed by atoms with Gasteiger partial charge in [0.2, 0.25) is 5.96 Å². The number of fused-ring (bicyclic) bond motifs is 3. The fraction of sp³-hybridized carbons (Fsp3) is 0.346. The first-order chi connectivity index (χ1) is 16.9. The molecule has 35 heavy (non-hydrogen) atoms. The number of hydrogen-bond donors (Lipinski definition) is 0. The first-order valence-corrected chi connectivity index (χ1v) is 11.6. The van der Waals surface area contributed by atoms with Crippen LogP contribution in [0.2, 0.25) is 0 Å². The summed E-state index contributed by atoms with van der Waals surface area (Å²) in [5, 5.41) is 0. The predicted molar refractivity (Wildman–Crippen MR) is 132 cm³/mol. The van der Waals surface area contributed by atoms with Gasteiger partial charge in [0, 0.05) is 31.1 Å². The summed E-state index contributed by atoms with van der Waals surface area (Å²) < 4.78 is 11.0. The number of amides is 3. The zero-order valence-electron chi connectivity index (χ0n) is 20.6. The highest BCUT2D eigenvalue weighted by molar-refractivity contribution is 6.11. The molecule has 3 heterocycles. The zero-order chi connectivity index (χ0) is 24.9. The Hall–Kier alpha value is -4.01. The molecular formula is C26H29N5O4. The van der Waals surface area contributed by atoms with Crippen molar-refractivity contribution in [3.8, 4) is 11.5 Å². The Bertz CT molecular complexity index is 1240. The maximum Gasteiger partial charge on any atom is 0.328 e. The van der Waals surface area contributed by atoms with Crippen molar-refractivity contribution < 1.29 is 19.1 Å². The van der Waals surface area contributed by atoms with E-state index < -0.39 is 12.2 Å². The Kier molecular flexibility index (Phi) is 5.62. The van der Waals surface area contributed by atoms with Crippen molar-refractivity contribution in [1.82, 2.24) is 14.7 Å². The third-order valence-corrected chi connectivity index (χ3v) is 6.99. The molecular weight excluding hydrogens is 446 g/mol. The Morgan fingerprint density at radius 1 is 0.971 bits per heavy atom. The monoisotopic (exact) mass is 475 g/mol. The quantitative estimate of drug-likeness (QED) is 0.638. The fourth-order valence-electron chi connectivity index (χ4n) is 4.96. The normalized spacial score (nSPS) is 21.5. The summed E-state index contributed by atoms with van der Waals surface area (Å²) in [5.41, 5.74) is 3.71. The molecule has 0 spiro atoms. The number of benzene rings is 2. The topological polar surface area (TPSA) is 77.9 Å². The molecule has 0 N–H and O–H groups in total. The number of allylic oxidation sites excluding steroid dienone is 2. The van der Waals surface area contributed by atoms with Crippen LogP contribution in [0.3, 0.4) is 0 Å². The summed E-state index contributed by atoms with van der Waals surface area (Å²) in [6, 6.07) is 14.5. The van der Waals surface area contributed by atoms with Gasteiger partial charge in [-0.05, 0) is 38.0 Å². The van der Waals surface area contributed by atoms with Gasteiger partial charge in [-0.15, -0.1) is 0 Å². The number of likely N-dealkylation sites (N-methyl/N-ethyl adjacent to an activating group) is 1. The Labute approximate surface area is 204 Å². The largest absolute Gasteiger partial charge is 0.497 e. The third kappa shape index (κ3) is 3.50. The Balaban J connectivity index is 1.48. The number of methoxy groups -OCH3 is 2. The van der Waals surface area contributed by atoms with Gasteiger partial charge in [-0.2, -0.15) is 0 Å². The van der Waals surface area contributed by atoms with E-state index in [1.807, 2.05) is 72.2 Å². The molecule has 9 nitrogen and oxygen atoms in total. The summed E-state index contributed by atoms with van der Waals surface area (Å²) >= 11 is 0.